The van der Waals surface area contributed by atoms with Crippen LogP contribution in [0.1, 0.15) is 46.0 Å². The molecule has 13 heavy (non-hydrogen) atoms. The van der Waals surface area contributed by atoms with Gasteiger partial charge in [-0.2, -0.15) is 0 Å². The summed E-state index contributed by atoms with van der Waals surface area (Å²) in [5.74, 6) is 0. The molecule has 1 fully saturated rings. The molecule has 1 aliphatic carbocycles. The van der Waals surface area contributed by atoms with Gasteiger partial charge in [-0.1, -0.05) is 19.8 Å². The van der Waals surface area contributed by atoms with E-state index in [0.717, 1.165) is 13.1 Å². The van der Waals surface area contributed by atoms with Gasteiger partial charge in [-0.3, -0.25) is 0 Å². The van der Waals surface area contributed by atoms with Gasteiger partial charge in [0.15, 0.2) is 0 Å². The van der Waals surface area contributed by atoms with E-state index < -0.39 is 0 Å². The fourth-order valence-corrected chi connectivity index (χ4v) is 2.11. The third-order valence-corrected chi connectivity index (χ3v) is 3.54. The van der Waals surface area contributed by atoms with Gasteiger partial charge in [0, 0.05) is 12.6 Å². The van der Waals surface area contributed by atoms with Gasteiger partial charge in [-0.05, 0) is 38.1 Å². The van der Waals surface area contributed by atoms with Crippen LogP contribution in [0.3, 0.4) is 0 Å². The van der Waals surface area contributed by atoms with Crippen LogP contribution in [-0.2, 0) is 0 Å². The van der Waals surface area contributed by atoms with Crippen molar-refractivity contribution in [2.45, 2.75) is 52.0 Å². The minimum atomic E-state index is 0.434. The highest BCUT2D eigenvalue weighted by molar-refractivity contribution is 4.87. The summed E-state index contributed by atoms with van der Waals surface area (Å²) in [6, 6.07) is 0.643. The molecule has 1 rings (SSSR count). The second-order valence-corrected chi connectivity index (χ2v) is 4.60. The maximum Gasteiger partial charge on any atom is 0.00363 e. The van der Waals surface area contributed by atoms with Crippen LogP contribution in [0.15, 0.2) is 0 Å². The van der Waals surface area contributed by atoms with E-state index in [1.54, 1.807) is 0 Å². The van der Waals surface area contributed by atoms with Crippen molar-refractivity contribution in [3.63, 3.8) is 0 Å². The molecule has 1 atom stereocenters. The fraction of sp³-hybridized carbons (Fsp3) is 1.00. The molecule has 0 amide bonds. The summed E-state index contributed by atoms with van der Waals surface area (Å²) in [4.78, 5) is 0. The Hall–Kier alpha value is -0.0800. The monoisotopic (exact) mass is 184 g/mol. The lowest BCUT2D eigenvalue weighted by Crippen LogP contribution is -2.41. The molecule has 2 heteroatoms. The van der Waals surface area contributed by atoms with Gasteiger partial charge in [-0.15, -0.1) is 0 Å². The highest BCUT2D eigenvalue weighted by Crippen LogP contribution is 2.36. The molecule has 0 aromatic carbocycles. The first-order valence-corrected chi connectivity index (χ1v) is 5.66. The predicted molar refractivity (Wildman–Crippen MR) is 57.7 cm³/mol. The third kappa shape index (κ3) is 2.96. The predicted octanol–water partition coefficient (Wildman–Crippen LogP) is 1.89. The van der Waals surface area contributed by atoms with Crippen LogP contribution in [0, 0.1) is 5.41 Å². The molecular weight excluding hydrogens is 160 g/mol. The van der Waals surface area contributed by atoms with Gasteiger partial charge < -0.3 is 11.1 Å². The number of nitrogens with one attached hydrogen (secondary N) is 1. The standard InChI is InChI=1S/C11H24N2/c1-3-10(2)13-9-11(8-12)6-4-5-7-11/h10,13H,3-9,12H2,1-2H3. The molecule has 0 bridgehead atoms. The smallest absolute Gasteiger partial charge is 0.00363 e. The normalized spacial score (nSPS) is 23.3. The maximum atomic E-state index is 5.86. The molecule has 0 saturated heterocycles. The minimum Gasteiger partial charge on any atom is -0.330 e. The van der Waals surface area contributed by atoms with Crippen molar-refractivity contribution in [2.75, 3.05) is 13.1 Å². The van der Waals surface area contributed by atoms with Crippen LogP contribution < -0.4 is 11.1 Å². The van der Waals surface area contributed by atoms with Gasteiger partial charge in [0.2, 0.25) is 0 Å². The Balaban J connectivity index is 2.31. The topological polar surface area (TPSA) is 38.0 Å². The van der Waals surface area contributed by atoms with E-state index >= 15 is 0 Å². The van der Waals surface area contributed by atoms with Gasteiger partial charge in [0.1, 0.15) is 0 Å². The molecule has 1 aliphatic rings. The lowest BCUT2D eigenvalue weighted by Gasteiger charge is -2.29. The Morgan fingerprint density at radius 2 is 2.00 bits per heavy atom. The van der Waals surface area contributed by atoms with Crippen molar-refractivity contribution >= 4 is 0 Å². The third-order valence-electron chi connectivity index (χ3n) is 3.54. The number of hydrogen-bond acceptors (Lipinski definition) is 2. The van der Waals surface area contributed by atoms with Gasteiger partial charge in [-0.25, -0.2) is 0 Å². The first-order valence-electron chi connectivity index (χ1n) is 5.66. The van der Waals surface area contributed by atoms with Crippen LogP contribution in [0.4, 0.5) is 0 Å². The van der Waals surface area contributed by atoms with E-state index in [0.29, 0.717) is 11.5 Å². The molecule has 1 unspecified atom stereocenters. The molecule has 3 N–H and O–H groups in total. The lowest BCUT2D eigenvalue weighted by atomic mass is 9.86. The highest BCUT2D eigenvalue weighted by Gasteiger charge is 2.32. The quantitative estimate of drug-likeness (QED) is 0.685. The Morgan fingerprint density at radius 3 is 2.46 bits per heavy atom. The van der Waals surface area contributed by atoms with Crippen LogP contribution in [0.25, 0.3) is 0 Å². The average Bonchev–Trinajstić information content (AvgIpc) is 2.63. The van der Waals surface area contributed by atoms with Crippen LogP contribution >= 0.6 is 0 Å². The van der Waals surface area contributed by atoms with Crippen LogP contribution in [0.2, 0.25) is 0 Å². The molecule has 0 radical (unpaired) electrons. The van der Waals surface area contributed by atoms with Gasteiger partial charge in [0.05, 0.1) is 0 Å². The van der Waals surface area contributed by atoms with E-state index in [-0.39, 0.29) is 0 Å². The molecule has 0 aromatic rings. The summed E-state index contributed by atoms with van der Waals surface area (Å²) in [6.45, 7) is 6.45. The molecule has 78 valence electrons. The first kappa shape index (κ1) is 11.0. The van der Waals surface area contributed by atoms with E-state index in [4.69, 9.17) is 5.73 Å². The van der Waals surface area contributed by atoms with E-state index in [1.165, 1.54) is 32.1 Å². The van der Waals surface area contributed by atoms with Crippen molar-refractivity contribution in [3.8, 4) is 0 Å². The highest BCUT2D eigenvalue weighted by atomic mass is 14.9. The second-order valence-electron chi connectivity index (χ2n) is 4.60. The van der Waals surface area contributed by atoms with Crippen molar-refractivity contribution in [1.82, 2.24) is 5.32 Å². The Labute approximate surface area is 82.3 Å². The summed E-state index contributed by atoms with van der Waals surface area (Å²) < 4.78 is 0. The average molecular weight is 184 g/mol. The zero-order chi connectivity index (χ0) is 9.73. The zero-order valence-electron chi connectivity index (χ0n) is 9.10. The van der Waals surface area contributed by atoms with E-state index in [2.05, 4.69) is 19.2 Å². The number of nitrogens with two attached hydrogens (primary N) is 1. The number of rotatable bonds is 5. The summed E-state index contributed by atoms with van der Waals surface area (Å²) in [5, 5.41) is 3.59. The molecule has 0 spiro atoms. The summed E-state index contributed by atoms with van der Waals surface area (Å²) in [6.07, 6.45) is 6.61. The Bertz CT molecular complexity index is 139. The second kappa shape index (κ2) is 4.97. The summed E-state index contributed by atoms with van der Waals surface area (Å²) in [5.41, 5.74) is 6.29. The van der Waals surface area contributed by atoms with E-state index in [9.17, 15) is 0 Å². The van der Waals surface area contributed by atoms with Crippen LogP contribution in [-0.4, -0.2) is 19.1 Å². The lowest BCUT2D eigenvalue weighted by molar-refractivity contribution is 0.277. The molecule has 0 aromatic heterocycles. The van der Waals surface area contributed by atoms with Crippen molar-refractivity contribution in [1.29, 1.82) is 0 Å². The number of hydrogen-bond donors (Lipinski definition) is 2. The molecule has 1 saturated carbocycles. The summed E-state index contributed by atoms with van der Waals surface area (Å²) in [7, 11) is 0. The SMILES string of the molecule is CCC(C)NCC1(CN)CCCC1. The summed E-state index contributed by atoms with van der Waals surface area (Å²) >= 11 is 0. The fourth-order valence-electron chi connectivity index (χ4n) is 2.11. The van der Waals surface area contributed by atoms with Crippen molar-refractivity contribution in [2.24, 2.45) is 11.1 Å². The Kier molecular flexibility index (Phi) is 4.20. The zero-order valence-corrected chi connectivity index (χ0v) is 9.10. The van der Waals surface area contributed by atoms with Crippen molar-refractivity contribution < 1.29 is 0 Å². The molecule has 0 heterocycles. The van der Waals surface area contributed by atoms with Crippen LogP contribution in [0.5, 0.6) is 0 Å². The Morgan fingerprint density at radius 1 is 1.38 bits per heavy atom. The van der Waals surface area contributed by atoms with Gasteiger partial charge in [0.25, 0.3) is 0 Å². The van der Waals surface area contributed by atoms with Gasteiger partial charge >= 0.3 is 0 Å². The molecule has 0 aliphatic heterocycles. The molecule has 2 nitrogen and oxygen atoms in total. The molecular formula is C11H24N2. The largest absolute Gasteiger partial charge is 0.330 e. The van der Waals surface area contributed by atoms with E-state index in [1.807, 2.05) is 0 Å². The first-order chi connectivity index (χ1) is 6.22. The van der Waals surface area contributed by atoms with Crippen molar-refractivity contribution in [3.05, 3.63) is 0 Å². The maximum absolute atomic E-state index is 5.86. The minimum absolute atomic E-state index is 0.434.